The van der Waals surface area contributed by atoms with Gasteiger partial charge in [0.2, 0.25) is 10.0 Å². The second-order valence-corrected chi connectivity index (χ2v) is 7.46. The Morgan fingerprint density at radius 2 is 2.21 bits per heavy atom. The Bertz CT molecular complexity index is 538. The number of nitrogens with zero attached hydrogens (tertiary/aromatic N) is 2. The van der Waals surface area contributed by atoms with Gasteiger partial charge in [-0.2, -0.15) is 4.31 Å². The van der Waals surface area contributed by atoms with Crippen LogP contribution in [0.5, 0.6) is 0 Å². The van der Waals surface area contributed by atoms with Crippen molar-refractivity contribution < 1.29 is 8.42 Å². The quantitative estimate of drug-likeness (QED) is 0.877. The molecule has 8 heteroatoms. The van der Waals surface area contributed by atoms with Crippen LogP contribution in [0.15, 0.2) is 27.8 Å². The largest absolute Gasteiger partial charge is 0.328 e. The van der Waals surface area contributed by atoms with Gasteiger partial charge in [-0.3, -0.25) is 4.98 Å². The summed E-state index contributed by atoms with van der Waals surface area (Å²) in [6.45, 7) is 2.94. The molecule has 5 nitrogen and oxygen atoms in total. The molecule has 0 spiro atoms. The highest BCUT2D eigenvalue weighted by Gasteiger charge is 2.34. The highest BCUT2D eigenvalue weighted by molar-refractivity contribution is 9.10. The third kappa shape index (κ3) is 3.66. The minimum absolute atomic E-state index is 0. The summed E-state index contributed by atoms with van der Waals surface area (Å²) in [5.74, 6) is 0.236. The number of rotatable bonds is 3. The van der Waals surface area contributed by atoms with Gasteiger partial charge in [0, 0.05) is 36.0 Å². The third-order valence-electron chi connectivity index (χ3n) is 3.25. The SMILES string of the molecule is CC(N)C1CCN(S(=O)(=O)c2cncc(Br)c2)C1.Cl. The standard InChI is InChI=1S/C11H16BrN3O2S.ClH/c1-8(13)9-2-3-15(7-9)18(16,17)11-4-10(12)5-14-6-11;/h4-6,8-9H,2-3,7,13H2,1H3;1H. The zero-order valence-corrected chi connectivity index (χ0v) is 13.7. The number of hydrogen-bond acceptors (Lipinski definition) is 4. The molecule has 0 aliphatic carbocycles. The molecule has 2 N–H and O–H groups in total. The van der Waals surface area contributed by atoms with Gasteiger partial charge in [0.1, 0.15) is 4.90 Å². The van der Waals surface area contributed by atoms with Crippen LogP contribution < -0.4 is 5.73 Å². The maximum Gasteiger partial charge on any atom is 0.244 e. The molecule has 0 amide bonds. The van der Waals surface area contributed by atoms with E-state index in [0.717, 1.165) is 6.42 Å². The first kappa shape index (κ1) is 16.8. The van der Waals surface area contributed by atoms with Crippen molar-refractivity contribution in [1.29, 1.82) is 0 Å². The maximum atomic E-state index is 12.4. The highest BCUT2D eigenvalue weighted by atomic mass is 79.9. The second-order valence-electron chi connectivity index (χ2n) is 4.61. The Morgan fingerprint density at radius 3 is 2.74 bits per heavy atom. The Balaban J connectivity index is 0.00000180. The highest BCUT2D eigenvalue weighted by Crippen LogP contribution is 2.26. The lowest BCUT2D eigenvalue weighted by Crippen LogP contribution is -2.33. The van der Waals surface area contributed by atoms with Crippen molar-refractivity contribution >= 4 is 38.4 Å². The fraction of sp³-hybridized carbons (Fsp3) is 0.545. The van der Waals surface area contributed by atoms with Crippen LogP contribution in [0.1, 0.15) is 13.3 Å². The van der Waals surface area contributed by atoms with Crippen LogP contribution in [0, 0.1) is 5.92 Å². The van der Waals surface area contributed by atoms with Crippen LogP contribution in [0.2, 0.25) is 0 Å². The molecule has 0 saturated carbocycles. The Morgan fingerprint density at radius 1 is 1.53 bits per heavy atom. The minimum atomic E-state index is -3.44. The first-order valence-corrected chi connectivity index (χ1v) is 8.01. The molecule has 1 aromatic heterocycles. The molecule has 1 aliphatic heterocycles. The summed E-state index contributed by atoms with van der Waals surface area (Å²) in [6, 6.07) is 1.59. The Hall–Kier alpha value is -0.210. The van der Waals surface area contributed by atoms with E-state index in [1.165, 1.54) is 10.5 Å². The minimum Gasteiger partial charge on any atom is -0.328 e. The molecular weight excluding hydrogens is 354 g/mol. The van der Waals surface area contributed by atoms with Crippen LogP contribution in [-0.4, -0.2) is 36.8 Å². The van der Waals surface area contributed by atoms with E-state index in [1.807, 2.05) is 6.92 Å². The summed E-state index contributed by atoms with van der Waals surface area (Å²) in [6.07, 6.45) is 3.76. The van der Waals surface area contributed by atoms with Crippen molar-refractivity contribution in [2.45, 2.75) is 24.3 Å². The van der Waals surface area contributed by atoms with E-state index < -0.39 is 10.0 Å². The fourth-order valence-electron chi connectivity index (χ4n) is 2.08. The molecule has 2 rings (SSSR count). The summed E-state index contributed by atoms with van der Waals surface area (Å²) >= 11 is 3.23. The predicted octanol–water partition coefficient (Wildman–Crippen LogP) is 1.62. The summed E-state index contributed by atoms with van der Waals surface area (Å²) in [7, 11) is -3.44. The van der Waals surface area contributed by atoms with Crippen molar-refractivity contribution in [1.82, 2.24) is 9.29 Å². The van der Waals surface area contributed by atoms with Crippen LogP contribution in [0.25, 0.3) is 0 Å². The van der Waals surface area contributed by atoms with Gasteiger partial charge < -0.3 is 5.73 Å². The molecule has 108 valence electrons. The number of hydrogen-bond donors (Lipinski definition) is 1. The fourth-order valence-corrected chi connectivity index (χ4v) is 4.10. The van der Waals surface area contributed by atoms with Crippen molar-refractivity contribution in [3.63, 3.8) is 0 Å². The molecule has 1 fully saturated rings. The Kier molecular flexibility index (Phi) is 5.76. The van der Waals surface area contributed by atoms with E-state index in [-0.39, 0.29) is 29.3 Å². The lowest BCUT2D eigenvalue weighted by molar-refractivity contribution is 0.429. The number of halogens is 2. The first-order chi connectivity index (χ1) is 8.41. The Labute approximate surface area is 128 Å². The predicted molar refractivity (Wildman–Crippen MR) is 79.7 cm³/mol. The molecule has 19 heavy (non-hydrogen) atoms. The van der Waals surface area contributed by atoms with E-state index in [1.54, 1.807) is 12.3 Å². The smallest absolute Gasteiger partial charge is 0.244 e. The van der Waals surface area contributed by atoms with Gasteiger partial charge in [-0.05, 0) is 41.3 Å². The number of pyridine rings is 1. The molecule has 1 aliphatic rings. The average molecular weight is 371 g/mol. The molecule has 1 saturated heterocycles. The van der Waals surface area contributed by atoms with Crippen molar-refractivity contribution in [2.24, 2.45) is 11.7 Å². The molecule has 2 atom stereocenters. The lowest BCUT2D eigenvalue weighted by Gasteiger charge is -2.18. The van der Waals surface area contributed by atoms with Crippen molar-refractivity contribution in [3.8, 4) is 0 Å². The number of nitrogens with two attached hydrogens (primary N) is 1. The van der Waals surface area contributed by atoms with E-state index in [2.05, 4.69) is 20.9 Å². The first-order valence-electron chi connectivity index (χ1n) is 5.77. The average Bonchev–Trinajstić information content (AvgIpc) is 2.79. The summed E-state index contributed by atoms with van der Waals surface area (Å²) < 4.78 is 26.9. The van der Waals surface area contributed by atoms with Crippen LogP contribution >= 0.6 is 28.3 Å². The monoisotopic (exact) mass is 369 g/mol. The molecule has 1 aromatic rings. The number of aromatic nitrogens is 1. The van der Waals surface area contributed by atoms with Crippen LogP contribution in [-0.2, 0) is 10.0 Å². The molecule has 0 aromatic carbocycles. The van der Waals surface area contributed by atoms with Gasteiger partial charge in [0.25, 0.3) is 0 Å². The third-order valence-corrected chi connectivity index (χ3v) is 5.51. The van der Waals surface area contributed by atoms with Gasteiger partial charge in [0.05, 0.1) is 0 Å². The van der Waals surface area contributed by atoms with Gasteiger partial charge >= 0.3 is 0 Å². The summed E-state index contributed by atoms with van der Waals surface area (Å²) in [4.78, 5) is 4.12. The molecule has 0 radical (unpaired) electrons. The van der Waals surface area contributed by atoms with Crippen molar-refractivity contribution in [2.75, 3.05) is 13.1 Å². The number of sulfonamides is 1. The topological polar surface area (TPSA) is 76.3 Å². The van der Waals surface area contributed by atoms with Gasteiger partial charge in [-0.15, -0.1) is 12.4 Å². The van der Waals surface area contributed by atoms with Gasteiger partial charge in [-0.1, -0.05) is 0 Å². The van der Waals surface area contributed by atoms with E-state index in [9.17, 15) is 8.42 Å². The lowest BCUT2D eigenvalue weighted by atomic mass is 10.0. The molecule has 2 unspecified atom stereocenters. The normalized spacial score (nSPS) is 21.9. The zero-order chi connectivity index (χ0) is 13.3. The summed E-state index contributed by atoms with van der Waals surface area (Å²) in [5.41, 5.74) is 5.82. The van der Waals surface area contributed by atoms with E-state index in [4.69, 9.17) is 5.73 Å². The van der Waals surface area contributed by atoms with Gasteiger partial charge in [0.15, 0.2) is 0 Å². The maximum absolute atomic E-state index is 12.4. The molecular formula is C11H17BrClN3O2S. The second kappa shape index (κ2) is 6.49. The van der Waals surface area contributed by atoms with Gasteiger partial charge in [-0.25, -0.2) is 8.42 Å². The van der Waals surface area contributed by atoms with E-state index >= 15 is 0 Å². The summed E-state index contributed by atoms with van der Waals surface area (Å²) in [5, 5.41) is 0. The van der Waals surface area contributed by atoms with Crippen molar-refractivity contribution in [3.05, 3.63) is 22.9 Å². The van der Waals surface area contributed by atoms with E-state index in [0.29, 0.717) is 17.6 Å². The van der Waals surface area contributed by atoms with Crippen LogP contribution in [0.4, 0.5) is 0 Å². The zero-order valence-electron chi connectivity index (χ0n) is 10.5. The van der Waals surface area contributed by atoms with Crippen LogP contribution in [0.3, 0.4) is 0 Å². The molecule has 0 bridgehead atoms. The molecule has 2 heterocycles.